The third kappa shape index (κ3) is 3.00. The van der Waals surface area contributed by atoms with Crippen molar-refractivity contribution in [3.8, 4) is 5.82 Å². The summed E-state index contributed by atoms with van der Waals surface area (Å²) in [6.07, 6.45) is 3.66. The minimum Gasteiger partial charge on any atom is -0.352 e. The van der Waals surface area contributed by atoms with Gasteiger partial charge in [0.15, 0.2) is 5.11 Å². The summed E-state index contributed by atoms with van der Waals surface area (Å²) in [7, 11) is 0. The maximum Gasteiger partial charge on any atom is 0.170 e. The zero-order chi connectivity index (χ0) is 19.0. The van der Waals surface area contributed by atoms with Crippen LogP contribution in [0.5, 0.6) is 0 Å². The molecule has 5 nitrogen and oxygen atoms in total. The smallest absolute Gasteiger partial charge is 0.170 e. The summed E-state index contributed by atoms with van der Waals surface area (Å²) < 4.78 is 2.21. The highest BCUT2D eigenvalue weighted by atomic mass is 32.1. The number of rotatable bonds is 4. The molecule has 3 aromatic rings. The van der Waals surface area contributed by atoms with Crippen molar-refractivity contribution >= 4 is 17.3 Å². The lowest BCUT2D eigenvalue weighted by atomic mass is 9.97. The maximum atomic E-state index is 5.64. The molecular weight excluding hydrogens is 354 g/mol. The molecule has 0 radical (unpaired) electrons. The van der Waals surface area contributed by atoms with E-state index in [2.05, 4.69) is 57.7 Å². The van der Waals surface area contributed by atoms with E-state index in [1.54, 1.807) is 0 Å². The van der Waals surface area contributed by atoms with Crippen molar-refractivity contribution in [2.75, 3.05) is 6.54 Å². The molecule has 1 aliphatic rings. The molecule has 0 spiro atoms. The maximum absolute atomic E-state index is 5.64. The summed E-state index contributed by atoms with van der Waals surface area (Å²) in [5, 5.41) is 4.26. The standard InChI is InChI=1S/C21H23N5S/c1-4-25-20(19(24-21(25)27)17-9-5-7-11-22-17)16-13-14(2)26(15(16)3)18-10-6-8-12-23-18/h5-13,19-20H,4H2,1-3H3,(H,24,27)/t19-,20+/m1/s1. The number of hydrogen-bond acceptors (Lipinski definition) is 3. The van der Waals surface area contributed by atoms with Crippen molar-refractivity contribution in [3.05, 3.63) is 77.5 Å². The van der Waals surface area contributed by atoms with E-state index in [0.29, 0.717) is 0 Å². The number of nitrogens with one attached hydrogen (secondary N) is 1. The Morgan fingerprint density at radius 1 is 1.07 bits per heavy atom. The second-order valence-electron chi connectivity index (χ2n) is 6.76. The van der Waals surface area contributed by atoms with Crippen LogP contribution in [-0.4, -0.2) is 31.1 Å². The Bertz CT molecular complexity index is 951. The lowest BCUT2D eigenvalue weighted by Crippen LogP contribution is -2.29. The molecule has 138 valence electrons. The molecule has 0 saturated carbocycles. The van der Waals surface area contributed by atoms with E-state index in [9.17, 15) is 0 Å². The number of pyridine rings is 2. The summed E-state index contributed by atoms with van der Waals surface area (Å²) in [4.78, 5) is 11.4. The van der Waals surface area contributed by atoms with Crippen LogP contribution in [0.3, 0.4) is 0 Å². The second kappa shape index (κ2) is 7.12. The van der Waals surface area contributed by atoms with E-state index in [-0.39, 0.29) is 12.1 Å². The Balaban J connectivity index is 1.84. The quantitative estimate of drug-likeness (QED) is 0.699. The first-order valence-electron chi connectivity index (χ1n) is 9.20. The van der Waals surface area contributed by atoms with Gasteiger partial charge in [0.05, 0.1) is 17.8 Å². The van der Waals surface area contributed by atoms with Crippen molar-refractivity contribution < 1.29 is 0 Å². The van der Waals surface area contributed by atoms with Crippen molar-refractivity contribution in [2.24, 2.45) is 0 Å². The molecule has 1 aliphatic heterocycles. The summed E-state index contributed by atoms with van der Waals surface area (Å²) in [5.41, 5.74) is 4.60. The SMILES string of the molecule is CCN1C(=S)N[C@H](c2ccccn2)[C@@H]1c1cc(C)n(-c2ccccn2)c1C. The fourth-order valence-corrected chi connectivity index (χ4v) is 4.38. The van der Waals surface area contributed by atoms with E-state index < -0.39 is 0 Å². The molecule has 2 atom stereocenters. The van der Waals surface area contributed by atoms with Gasteiger partial charge in [0.1, 0.15) is 5.82 Å². The highest BCUT2D eigenvalue weighted by Crippen LogP contribution is 2.40. The molecule has 4 rings (SSSR count). The van der Waals surface area contributed by atoms with Crippen LogP contribution in [0.2, 0.25) is 0 Å². The van der Waals surface area contributed by atoms with Gasteiger partial charge in [0.2, 0.25) is 0 Å². The molecule has 0 aliphatic carbocycles. The van der Waals surface area contributed by atoms with Gasteiger partial charge in [-0.25, -0.2) is 4.98 Å². The van der Waals surface area contributed by atoms with Crippen LogP contribution in [0.4, 0.5) is 0 Å². The summed E-state index contributed by atoms with van der Waals surface area (Å²) >= 11 is 5.64. The molecule has 0 aromatic carbocycles. The third-order valence-corrected chi connectivity index (χ3v) is 5.56. The van der Waals surface area contributed by atoms with Gasteiger partial charge in [-0.05, 0) is 68.9 Å². The second-order valence-corrected chi connectivity index (χ2v) is 7.15. The monoisotopic (exact) mass is 377 g/mol. The molecule has 1 saturated heterocycles. The minimum absolute atomic E-state index is 0.0244. The van der Waals surface area contributed by atoms with E-state index >= 15 is 0 Å². The van der Waals surface area contributed by atoms with E-state index in [1.807, 2.05) is 42.7 Å². The van der Waals surface area contributed by atoms with Crippen LogP contribution in [0.1, 0.15) is 41.7 Å². The Kier molecular flexibility index (Phi) is 4.66. The van der Waals surface area contributed by atoms with Gasteiger partial charge in [-0.2, -0.15) is 0 Å². The number of aryl methyl sites for hydroxylation is 1. The van der Waals surface area contributed by atoms with Crippen LogP contribution in [-0.2, 0) is 0 Å². The molecular formula is C21H23N5S. The van der Waals surface area contributed by atoms with Gasteiger partial charge in [0.25, 0.3) is 0 Å². The highest BCUT2D eigenvalue weighted by Gasteiger charge is 2.40. The van der Waals surface area contributed by atoms with Crippen LogP contribution in [0.25, 0.3) is 5.82 Å². The largest absolute Gasteiger partial charge is 0.352 e. The number of aromatic nitrogens is 3. The van der Waals surface area contributed by atoms with E-state index in [1.165, 1.54) is 11.3 Å². The van der Waals surface area contributed by atoms with Crippen LogP contribution >= 0.6 is 12.2 Å². The van der Waals surface area contributed by atoms with Gasteiger partial charge < -0.3 is 14.8 Å². The normalized spacial score (nSPS) is 19.4. The zero-order valence-electron chi connectivity index (χ0n) is 15.8. The lowest BCUT2D eigenvalue weighted by molar-refractivity contribution is 0.329. The van der Waals surface area contributed by atoms with E-state index in [4.69, 9.17) is 12.2 Å². The van der Waals surface area contributed by atoms with Crippen molar-refractivity contribution in [2.45, 2.75) is 32.9 Å². The first kappa shape index (κ1) is 17.7. The Morgan fingerprint density at radius 3 is 2.44 bits per heavy atom. The fourth-order valence-electron chi connectivity index (χ4n) is 4.01. The molecule has 27 heavy (non-hydrogen) atoms. The topological polar surface area (TPSA) is 46.0 Å². The van der Waals surface area contributed by atoms with Gasteiger partial charge in [0, 0.05) is 30.3 Å². The average Bonchev–Trinajstić information content (AvgIpc) is 3.18. The molecule has 1 N–H and O–H groups in total. The average molecular weight is 378 g/mol. The predicted molar refractivity (Wildman–Crippen MR) is 111 cm³/mol. The summed E-state index contributed by atoms with van der Waals surface area (Å²) in [6, 6.07) is 14.4. The third-order valence-electron chi connectivity index (χ3n) is 5.21. The Labute approximate surface area is 165 Å². The first-order chi connectivity index (χ1) is 13.1. The van der Waals surface area contributed by atoms with E-state index in [0.717, 1.165) is 28.9 Å². The van der Waals surface area contributed by atoms with Gasteiger partial charge >= 0.3 is 0 Å². The highest BCUT2D eigenvalue weighted by molar-refractivity contribution is 7.80. The van der Waals surface area contributed by atoms with Gasteiger partial charge in [-0.1, -0.05) is 12.1 Å². The van der Waals surface area contributed by atoms with Crippen molar-refractivity contribution in [1.29, 1.82) is 0 Å². The number of nitrogens with zero attached hydrogens (tertiary/aromatic N) is 4. The zero-order valence-corrected chi connectivity index (χ0v) is 16.6. The predicted octanol–water partition coefficient (Wildman–Crippen LogP) is 3.88. The number of likely N-dealkylation sites (N-methyl/N-ethyl adjacent to an activating group) is 1. The van der Waals surface area contributed by atoms with Crippen molar-refractivity contribution in [1.82, 2.24) is 24.8 Å². The van der Waals surface area contributed by atoms with Gasteiger partial charge in [-0.3, -0.25) is 4.98 Å². The molecule has 3 aromatic heterocycles. The van der Waals surface area contributed by atoms with Gasteiger partial charge in [-0.15, -0.1) is 0 Å². The molecule has 1 fully saturated rings. The van der Waals surface area contributed by atoms with Crippen molar-refractivity contribution in [3.63, 3.8) is 0 Å². The number of hydrogen-bond donors (Lipinski definition) is 1. The molecule has 0 bridgehead atoms. The number of thiocarbonyl (C=S) groups is 1. The van der Waals surface area contributed by atoms with Crippen LogP contribution in [0, 0.1) is 13.8 Å². The van der Waals surface area contributed by atoms with Crippen LogP contribution < -0.4 is 5.32 Å². The minimum atomic E-state index is 0.0244. The molecule has 6 heteroatoms. The molecule has 0 amide bonds. The lowest BCUT2D eigenvalue weighted by Gasteiger charge is -2.27. The Morgan fingerprint density at radius 2 is 1.81 bits per heavy atom. The van der Waals surface area contributed by atoms with Crippen LogP contribution in [0.15, 0.2) is 54.9 Å². The first-order valence-corrected chi connectivity index (χ1v) is 9.61. The summed E-state index contributed by atoms with van der Waals surface area (Å²) in [6.45, 7) is 7.26. The molecule has 0 unspecified atom stereocenters. The fraction of sp³-hybridized carbons (Fsp3) is 0.286. The molecule has 4 heterocycles. The summed E-state index contributed by atoms with van der Waals surface area (Å²) in [5.74, 6) is 0.935. The Hall–Kier alpha value is -2.73.